The topological polar surface area (TPSA) is 21.8 Å². The average Bonchev–Trinajstić information content (AvgIpc) is 3.02. The second kappa shape index (κ2) is 4.83. The lowest BCUT2D eigenvalue weighted by Gasteiger charge is -2.14. The molecular weight excluding hydrogens is 279 g/mol. The summed E-state index contributed by atoms with van der Waals surface area (Å²) in [5.41, 5.74) is 1.07. The molecule has 0 aromatic heterocycles. The minimum atomic E-state index is 0.0299. The summed E-state index contributed by atoms with van der Waals surface area (Å²) in [4.78, 5) is 0. The van der Waals surface area contributed by atoms with Gasteiger partial charge in [-0.25, -0.2) is 0 Å². The van der Waals surface area contributed by atoms with E-state index in [1.54, 1.807) is 0 Å². The predicted octanol–water partition coefficient (Wildman–Crippen LogP) is 3.58. The Morgan fingerprint density at radius 1 is 1.67 bits per heavy atom. The summed E-state index contributed by atoms with van der Waals surface area (Å²) in [6.45, 7) is 3.49. The maximum atomic E-state index is 6.01. The molecule has 2 atom stereocenters. The van der Waals surface area contributed by atoms with Crippen LogP contribution in [0.1, 0.15) is 18.6 Å². The summed E-state index contributed by atoms with van der Waals surface area (Å²) in [5, 5.41) is 0.714. The van der Waals surface area contributed by atoms with Gasteiger partial charge < -0.3 is 9.47 Å². The fourth-order valence-electron chi connectivity index (χ4n) is 1.34. The Hall–Kier alpha value is -0.0900. The first-order chi connectivity index (χ1) is 7.18. The number of hydrogen-bond donors (Lipinski definition) is 0. The molecule has 0 N–H and O–H groups in total. The quantitative estimate of drug-likeness (QED) is 0.791. The third-order valence-electron chi connectivity index (χ3n) is 2.35. The monoisotopic (exact) mass is 290 g/mol. The Labute approximate surface area is 103 Å². The molecule has 0 radical (unpaired) electrons. The van der Waals surface area contributed by atoms with Gasteiger partial charge in [0.1, 0.15) is 6.10 Å². The molecule has 1 heterocycles. The molecule has 0 spiro atoms. The maximum Gasteiger partial charge on any atom is 0.104 e. The van der Waals surface area contributed by atoms with Crippen molar-refractivity contribution in [2.75, 3.05) is 13.2 Å². The number of epoxide rings is 1. The zero-order valence-electron chi connectivity index (χ0n) is 8.37. The number of ether oxygens (including phenoxy) is 2. The van der Waals surface area contributed by atoms with Crippen LogP contribution in [-0.2, 0) is 9.47 Å². The van der Waals surface area contributed by atoms with Crippen LogP contribution in [0.2, 0.25) is 5.02 Å². The molecule has 1 aromatic rings. The first kappa shape index (κ1) is 11.4. The van der Waals surface area contributed by atoms with Gasteiger partial charge in [0.05, 0.1) is 24.3 Å². The van der Waals surface area contributed by atoms with Gasteiger partial charge in [0.2, 0.25) is 0 Å². The molecule has 0 unspecified atom stereocenters. The van der Waals surface area contributed by atoms with Crippen molar-refractivity contribution >= 4 is 27.5 Å². The highest BCUT2D eigenvalue weighted by Gasteiger charge is 2.24. The van der Waals surface area contributed by atoms with Crippen LogP contribution in [0.15, 0.2) is 22.7 Å². The molecule has 1 fully saturated rings. The molecule has 1 aromatic carbocycles. The van der Waals surface area contributed by atoms with Gasteiger partial charge in [-0.2, -0.15) is 0 Å². The summed E-state index contributed by atoms with van der Waals surface area (Å²) in [7, 11) is 0. The summed E-state index contributed by atoms with van der Waals surface area (Å²) in [5.74, 6) is 0. The zero-order valence-corrected chi connectivity index (χ0v) is 10.7. The van der Waals surface area contributed by atoms with Crippen molar-refractivity contribution in [2.24, 2.45) is 0 Å². The lowest BCUT2D eigenvalue weighted by Crippen LogP contribution is -2.06. The van der Waals surface area contributed by atoms with Gasteiger partial charge >= 0.3 is 0 Å². The smallest absolute Gasteiger partial charge is 0.104 e. The van der Waals surface area contributed by atoms with E-state index in [9.17, 15) is 0 Å². The molecule has 1 saturated heterocycles. The first-order valence-corrected chi connectivity index (χ1v) is 6.02. The molecule has 1 aliphatic heterocycles. The summed E-state index contributed by atoms with van der Waals surface area (Å²) in [6, 6.07) is 5.79. The first-order valence-electron chi connectivity index (χ1n) is 4.85. The van der Waals surface area contributed by atoms with Crippen LogP contribution in [-0.4, -0.2) is 19.3 Å². The standard InChI is InChI=1S/C11H12BrClO2/c1-7(14-5-8-6-15-8)9-3-2-4-10(13)11(9)12/h2-4,7-8H,5-6H2,1H3/t7-,8+/m1/s1. The molecule has 2 nitrogen and oxygen atoms in total. The van der Waals surface area contributed by atoms with Crippen LogP contribution in [0, 0.1) is 0 Å². The lowest BCUT2D eigenvalue weighted by atomic mass is 10.1. The largest absolute Gasteiger partial charge is 0.371 e. The van der Waals surface area contributed by atoms with Gasteiger partial charge in [-0.3, -0.25) is 0 Å². The van der Waals surface area contributed by atoms with Crippen LogP contribution >= 0.6 is 27.5 Å². The number of rotatable bonds is 4. The summed E-state index contributed by atoms with van der Waals surface area (Å²) < 4.78 is 11.7. The van der Waals surface area contributed by atoms with E-state index in [0.717, 1.165) is 16.6 Å². The van der Waals surface area contributed by atoms with Crippen molar-refractivity contribution < 1.29 is 9.47 Å². The van der Waals surface area contributed by atoms with E-state index < -0.39 is 0 Å². The molecule has 2 rings (SSSR count). The van der Waals surface area contributed by atoms with Gasteiger partial charge in [-0.15, -0.1) is 0 Å². The normalized spacial score (nSPS) is 21.4. The highest BCUT2D eigenvalue weighted by Crippen LogP contribution is 2.32. The zero-order chi connectivity index (χ0) is 10.8. The highest BCUT2D eigenvalue weighted by atomic mass is 79.9. The van der Waals surface area contributed by atoms with Crippen LogP contribution in [0.4, 0.5) is 0 Å². The van der Waals surface area contributed by atoms with Crippen LogP contribution in [0.25, 0.3) is 0 Å². The molecule has 0 amide bonds. The van der Waals surface area contributed by atoms with Crippen molar-refractivity contribution in [1.29, 1.82) is 0 Å². The highest BCUT2D eigenvalue weighted by molar-refractivity contribution is 9.10. The fraction of sp³-hybridized carbons (Fsp3) is 0.455. The van der Waals surface area contributed by atoms with E-state index in [4.69, 9.17) is 21.1 Å². The summed E-state index contributed by atoms with van der Waals surface area (Å²) >= 11 is 9.47. The Balaban J connectivity index is 2.02. The molecule has 0 bridgehead atoms. The van der Waals surface area contributed by atoms with Crippen molar-refractivity contribution in [3.05, 3.63) is 33.3 Å². The second-order valence-corrected chi connectivity index (χ2v) is 4.77. The van der Waals surface area contributed by atoms with E-state index in [1.165, 1.54) is 0 Å². The molecule has 0 saturated carbocycles. The third kappa shape index (κ3) is 2.94. The van der Waals surface area contributed by atoms with E-state index in [1.807, 2.05) is 25.1 Å². The van der Waals surface area contributed by atoms with E-state index in [0.29, 0.717) is 17.7 Å². The van der Waals surface area contributed by atoms with Gasteiger partial charge in [0.15, 0.2) is 0 Å². The van der Waals surface area contributed by atoms with Crippen LogP contribution in [0.5, 0.6) is 0 Å². The average molecular weight is 292 g/mol. The number of benzene rings is 1. The van der Waals surface area contributed by atoms with Gasteiger partial charge in [-0.1, -0.05) is 23.7 Å². The van der Waals surface area contributed by atoms with Gasteiger partial charge in [0, 0.05) is 4.47 Å². The molecule has 82 valence electrons. The Morgan fingerprint density at radius 2 is 2.40 bits per heavy atom. The number of halogens is 2. The lowest BCUT2D eigenvalue weighted by molar-refractivity contribution is 0.0535. The van der Waals surface area contributed by atoms with Crippen molar-refractivity contribution in [3.8, 4) is 0 Å². The Morgan fingerprint density at radius 3 is 3.07 bits per heavy atom. The summed E-state index contributed by atoms with van der Waals surface area (Å²) in [6.07, 6.45) is 0.327. The molecular formula is C11H12BrClO2. The molecule has 0 aliphatic carbocycles. The van der Waals surface area contributed by atoms with Gasteiger partial charge in [-0.05, 0) is 34.5 Å². The van der Waals surface area contributed by atoms with E-state index in [2.05, 4.69) is 15.9 Å². The van der Waals surface area contributed by atoms with Crippen LogP contribution in [0.3, 0.4) is 0 Å². The van der Waals surface area contributed by atoms with Crippen LogP contribution < -0.4 is 0 Å². The Bertz CT molecular complexity index is 352. The minimum absolute atomic E-state index is 0.0299. The molecule has 4 heteroatoms. The van der Waals surface area contributed by atoms with Crippen molar-refractivity contribution in [3.63, 3.8) is 0 Å². The Kier molecular flexibility index (Phi) is 3.67. The van der Waals surface area contributed by atoms with E-state index >= 15 is 0 Å². The van der Waals surface area contributed by atoms with Crippen molar-refractivity contribution in [2.45, 2.75) is 19.1 Å². The molecule has 1 aliphatic rings. The minimum Gasteiger partial charge on any atom is -0.371 e. The SMILES string of the molecule is C[C@@H](OC[C@H]1CO1)c1cccc(Cl)c1Br. The molecule has 15 heavy (non-hydrogen) atoms. The predicted molar refractivity (Wildman–Crippen MR) is 63.3 cm³/mol. The fourth-order valence-corrected chi connectivity index (χ4v) is 2.11. The number of hydrogen-bond acceptors (Lipinski definition) is 2. The van der Waals surface area contributed by atoms with E-state index in [-0.39, 0.29) is 6.10 Å². The second-order valence-electron chi connectivity index (χ2n) is 3.57. The third-order valence-corrected chi connectivity index (χ3v) is 3.78. The van der Waals surface area contributed by atoms with Gasteiger partial charge in [0.25, 0.3) is 0 Å². The van der Waals surface area contributed by atoms with Crippen molar-refractivity contribution in [1.82, 2.24) is 0 Å². The maximum absolute atomic E-state index is 6.01.